The monoisotopic (exact) mass is 462 g/mol. The summed E-state index contributed by atoms with van der Waals surface area (Å²) in [4.78, 5) is 25.4. The number of rotatable bonds is 7. The third-order valence-electron chi connectivity index (χ3n) is 5.39. The van der Waals surface area contributed by atoms with Crippen LogP contribution in [0, 0.1) is 0 Å². The number of carbonyl (C=O) groups excluding carboxylic acids is 2. The fourth-order valence-corrected chi connectivity index (χ4v) is 3.68. The first kappa shape index (κ1) is 21.9. The summed E-state index contributed by atoms with van der Waals surface area (Å²) < 4.78 is 6.88. The van der Waals surface area contributed by atoms with Crippen LogP contribution < -0.4 is 10.6 Å². The van der Waals surface area contributed by atoms with Crippen LogP contribution in [0.2, 0.25) is 0 Å². The Morgan fingerprint density at radius 1 is 0.743 bits per heavy atom. The van der Waals surface area contributed by atoms with Gasteiger partial charge in [0.1, 0.15) is 5.69 Å². The molecule has 0 bridgehead atoms. The minimum atomic E-state index is -0.342. The molecule has 172 valence electrons. The predicted octanol–water partition coefficient (Wildman–Crippen LogP) is 5.70. The smallest absolute Gasteiger partial charge is 0.291 e. The van der Waals surface area contributed by atoms with Gasteiger partial charge in [0.25, 0.3) is 11.8 Å². The summed E-state index contributed by atoms with van der Waals surface area (Å²) >= 11 is 0. The van der Waals surface area contributed by atoms with Gasteiger partial charge in [0, 0.05) is 23.1 Å². The zero-order valence-electron chi connectivity index (χ0n) is 18.7. The topological polar surface area (TPSA) is 89.2 Å². The van der Waals surface area contributed by atoms with Crippen LogP contribution in [0.25, 0.3) is 11.3 Å². The minimum absolute atomic E-state index is 0.225. The van der Waals surface area contributed by atoms with Crippen LogP contribution in [0.15, 0.2) is 114 Å². The molecule has 5 rings (SSSR count). The number of carbonyl (C=O) groups is 2. The fourth-order valence-electron chi connectivity index (χ4n) is 3.68. The number of benzene rings is 3. The van der Waals surface area contributed by atoms with E-state index in [-0.39, 0.29) is 17.6 Å². The summed E-state index contributed by atoms with van der Waals surface area (Å²) in [6.45, 7) is 0.554. The molecular weight excluding hydrogens is 440 g/mol. The molecule has 0 aliphatic rings. The summed E-state index contributed by atoms with van der Waals surface area (Å²) in [7, 11) is 0. The van der Waals surface area contributed by atoms with E-state index < -0.39 is 0 Å². The second kappa shape index (κ2) is 9.93. The van der Waals surface area contributed by atoms with Crippen LogP contribution in [0.3, 0.4) is 0 Å². The highest BCUT2D eigenvalue weighted by molar-refractivity contribution is 6.08. The molecule has 2 N–H and O–H groups in total. The number of hydrogen-bond donors (Lipinski definition) is 2. The molecule has 0 atom stereocenters. The van der Waals surface area contributed by atoms with Crippen molar-refractivity contribution < 1.29 is 14.0 Å². The molecule has 0 saturated carbocycles. The summed E-state index contributed by atoms with van der Waals surface area (Å²) in [6, 6.07) is 29.7. The molecule has 3 aromatic carbocycles. The van der Waals surface area contributed by atoms with Crippen LogP contribution in [0.5, 0.6) is 0 Å². The number of nitrogens with zero attached hydrogens (tertiary/aromatic N) is 2. The number of anilines is 2. The van der Waals surface area contributed by atoms with Gasteiger partial charge in [-0.05, 0) is 42.0 Å². The number of furan rings is 1. The molecule has 35 heavy (non-hydrogen) atoms. The van der Waals surface area contributed by atoms with E-state index in [9.17, 15) is 9.59 Å². The Balaban J connectivity index is 1.35. The molecule has 0 radical (unpaired) electrons. The summed E-state index contributed by atoms with van der Waals surface area (Å²) in [5.74, 6) is -0.385. The standard InChI is InChI=1S/C28H22N4O3/c33-27(29-22-13-15-23(16-14-22)30-28(34)25-12-7-17-35-25)24-19-32(18-20-8-3-1-4-9-20)31-26(24)21-10-5-2-6-11-21/h1-17,19H,18H2,(H,29,33)(H,30,34). The van der Waals surface area contributed by atoms with E-state index >= 15 is 0 Å². The third kappa shape index (κ3) is 5.20. The SMILES string of the molecule is O=C(Nc1ccc(NC(=O)c2cn(Cc3ccccc3)nc2-c2ccccc2)cc1)c1ccco1. The van der Waals surface area contributed by atoms with Gasteiger partial charge in [-0.2, -0.15) is 5.10 Å². The van der Waals surface area contributed by atoms with Crippen molar-refractivity contribution in [2.24, 2.45) is 0 Å². The van der Waals surface area contributed by atoms with E-state index in [1.54, 1.807) is 47.3 Å². The molecular formula is C28H22N4O3. The first-order valence-corrected chi connectivity index (χ1v) is 11.1. The molecule has 0 aliphatic heterocycles. The van der Waals surface area contributed by atoms with Crippen LogP contribution in [0.4, 0.5) is 11.4 Å². The minimum Gasteiger partial charge on any atom is -0.459 e. The first-order chi connectivity index (χ1) is 17.2. The Bertz CT molecular complexity index is 1430. The molecule has 5 aromatic rings. The van der Waals surface area contributed by atoms with Crippen molar-refractivity contribution in [1.82, 2.24) is 9.78 Å². The van der Waals surface area contributed by atoms with Crippen LogP contribution in [-0.4, -0.2) is 21.6 Å². The van der Waals surface area contributed by atoms with Crippen molar-refractivity contribution >= 4 is 23.2 Å². The van der Waals surface area contributed by atoms with Crippen molar-refractivity contribution in [3.63, 3.8) is 0 Å². The molecule has 2 aromatic heterocycles. The maximum absolute atomic E-state index is 13.2. The highest BCUT2D eigenvalue weighted by Crippen LogP contribution is 2.24. The fraction of sp³-hybridized carbons (Fsp3) is 0.0357. The van der Waals surface area contributed by atoms with Gasteiger partial charge >= 0.3 is 0 Å². The van der Waals surface area contributed by atoms with E-state index in [4.69, 9.17) is 9.52 Å². The van der Waals surface area contributed by atoms with Gasteiger partial charge in [-0.15, -0.1) is 0 Å². The van der Waals surface area contributed by atoms with Gasteiger partial charge in [-0.25, -0.2) is 0 Å². The highest BCUT2D eigenvalue weighted by Gasteiger charge is 2.18. The molecule has 0 fully saturated rings. The first-order valence-electron chi connectivity index (χ1n) is 11.1. The van der Waals surface area contributed by atoms with Gasteiger partial charge in [-0.3, -0.25) is 14.3 Å². The van der Waals surface area contributed by atoms with Crippen LogP contribution in [0.1, 0.15) is 26.5 Å². The average Bonchev–Trinajstić information content (AvgIpc) is 3.57. The third-order valence-corrected chi connectivity index (χ3v) is 5.39. The molecule has 0 unspecified atom stereocenters. The van der Waals surface area contributed by atoms with Crippen molar-refractivity contribution in [2.75, 3.05) is 10.6 Å². The lowest BCUT2D eigenvalue weighted by Gasteiger charge is -2.07. The summed E-state index contributed by atoms with van der Waals surface area (Å²) in [5.41, 5.74) is 4.23. The Morgan fingerprint density at radius 2 is 1.37 bits per heavy atom. The van der Waals surface area contributed by atoms with Gasteiger partial charge < -0.3 is 15.1 Å². The van der Waals surface area contributed by atoms with Gasteiger partial charge in [-0.1, -0.05) is 60.7 Å². The lowest BCUT2D eigenvalue weighted by molar-refractivity contribution is 0.0994. The quantitative estimate of drug-likeness (QED) is 0.325. The molecule has 0 aliphatic carbocycles. The highest BCUT2D eigenvalue weighted by atomic mass is 16.3. The van der Waals surface area contributed by atoms with E-state index in [1.165, 1.54) is 6.26 Å². The van der Waals surface area contributed by atoms with Gasteiger partial charge in [0.05, 0.1) is 18.4 Å². The molecule has 0 saturated heterocycles. The molecule has 7 heteroatoms. The lowest BCUT2D eigenvalue weighted by atomic mass is 10.1. The normalized spacial score (nSPS) is 10.6. The number of amides is 2. The summed E-state index contributed by atoms with van der Waals surface area (Å²) in [5, 5.41) is 10.4. The van der Waals surface area contributed by atoms with Crippen molar-refractivity contribution in [2.45, 2.75) is 6.54 Å². The molecule has 0 spiro atoms. The van der Waals surface area contributed by atoms with E-state index in [1.807, 2.05) is 60.7 Å². The van der Waals surface area contributed by atoms with Gasteiger partial charge in [0.2, 0.25) is 0 Å². The van der Waals surface area contributed by atoms with Crippen molar-refractivity contribution in [1.29, 1.82) is 0 Å². The maximum atomic E-state index is 13.2. The predicted molar refractivity (Wildman–Crippen MR) is 134 cm³/mol. The zero-order chi connectivity index (χ0) is 24.0. The molecule has 2 amide bonds. The number of nitrogens with one attached hydrogen (secondary N) is 2. The second-order valence-corrected chi connectivity index (χ2v) is 7.90. The van der Waals surface area contributed by atoms with E-state index in [2.05, 4.69) is 10.6 Å². The Hall–Kier alpha value is -4.91. The van der Waals surface area contributed by atoms with Crippen LogP contribution >= 0.6 is 0 Å². The number of aromatic nitrogens is 2. The van der Waals surface area contributed by atoms with Crippen molar-refractivity contribution in [3.8, 4) is 11.3 Å². The second-order valence-electron chi connectivity index (χ2n) is 7.90. The largest absolute Gasteiger partial charge is 0.459 e. The zero-order valence-corrected chi connectivity index (χ0v) is 18.7. The van der Waals surface area contributed by atoms with Gasteiger partial charge in [0.15, 0.2) is 5.76 Å². The number of hydrogen-bond acceptors (Lipinski definition) is 4. The Morgan fingerprint density at radius 3 is 2.00 bits per heavy atom. The average molecular weight is 463 g/mol. The Labute approximate surface area is 202 Å². The van der Waals surface area contributed by atoms with E-state index in [0.29, 0.717) is 29.2 Å². The lowest BCUT2D eigenvalue weighted by Crippen LogP contribution is -2.13. The molecule has 2 heterocycles. The van der Waals surface area contributed by atoms with Crippen molar-refractivity contribution in [3.05, 3.63) is 126 Å². The molecule has 7 nitrogen and oxygen atoms in total. The van der Waals surface area contributed by atoms with E-state index in [0.717, 1.165) is 11.1 Å². The maximum Gasteiger partial charge on any atom is 0.291 e. The van der Waals surface area contributed by atoms with Crippen LogP contribution in [-0.2, 0) is 6.54 Å². The Kier molecular flexibility index (Phi) is 6.21. The summed E-state index contributed by atoms with van der Waals surface area (Å²) in [6.07, 6.45) is 3.21.